The summed E-state index contributed by atoms with van der Waals surface area (Å²) in [6.07, 6.45) is 5.19. The fourth-order valence-electron chi connectivity index (χ4n) is 2.78. The van der Waals surface area contributed by atoms with Crippen LogP contribution in [0.25, 0.3) is 0 Å². The van der Waals surface area contributed by atoms with Gasteiger partial charge in [0.25, 0.3) is 0 Å². The quantitative estimate of drug-likeness (QED) is 0.740. The van der Waals surface area contributed by atoms with Crippen molar-refractivity contribution < 1.29 is 4.79 Å². The molecule has 1 aliphatic heterocycles. The van der Waals surface area contributed by atoms with Crippen LogP contribution < -0.4 is 15.5 Å². The topological polar surface area (TPSA) is 70.2 Å². The van der Waals surface area contributed by atoms with E-state index in [9.17, 15) is 4.79 Å². The third-order valence-electron chi connectivity index (χ3n) is 4.10. The lowest BCUT2D eigenvalue weighted by Gasteiger charge is -2.16. The maximum atomic E-state index is 11.9. The zero-order valence-electron chi connectivity index (χ0n) is 14.0. The standard InChI is InChI=1S/C18H22ClN5O/c19-14-5-7-15(8-6-14)23-18(25)4-3-9-20-16-12-17(22-13-21-16)24-10-1-2-11-24/h5-8,12-13H,1-4,9-11H2,(H,23,25)(H,20,21,22). The molecule has 0 radical (unpaired) electrons. The summed E-state index contributed by atoms with van der Waals surface area (Å²) in [4.78, 5) is 22.8. The van der Waals surface area contributed by atoms with Gasteiger partial charge in [0.15, 0.2) is 0 Å². The van der Waals surface area contributed by atoms with Crippen LogP contribution in [0.5, 0.6) is 0 Å². The molecular formula is C18H22ClN5O. The first-order valence-electron chi connectivity index (χ1n) is 8.57. The van der Waals surface area contributed by atoms with Crippen molar-refractivity contribution in [1.82, 2.24) is 9.97 Å². The Hall–Kier alpha value is -2.34. The Morgan fingerprint density at radius 2 is 1.92 bits per heavy atom. The highest BCUT2D eigenvalue weighted by Crippen LogP contribution is 2.19. The van der Waals surface area contributed by atoms with E-state index in [2.05, 4.69) is 25.5 Å². The first-order valence-corrected chi connectivity index (χ1v) is 8.95. The number of carbonyl (C=O) groups is 1. The highest BCUT2D eigenvalue weighted by molar-refractivity contribution is 6.30. The number of aromatic nitrogens is 2. The van der Waals surface area contributed by atoms with Gasteiger partial charge in [0.1, 0.15) is 18.0 Å². The van der Waals surface area contributed by atoms with Crippen LogP contribution in [0.1, 0.15) is 25.7 Å². The first kappa shape index (κ1) is 17.5. The molecule has 1 fully saturated rings. The van der Waals surface area contributed by atoms with Crippen LogP contribution >= 0.6 is 11.6 Å². The van der Waals surface area contributed by atoms with Gasteiger partial charge in [-0.05, 0) is 43.5 Å². The van der Waals surface area contributed by atoms with Crippen molar-refractivity contribution in [3.8, 4) is 0 Å². The Bertz CT molecular complexity index is 701. The molecule has 25 heavy (non-hydrogen) atoms. The van der Waals surface area contributed by atoms with Gasteiger partial charge in [-0.25, -0.2) is 9.97 Å². The summed E-state index contributed by atoms with van der Waals surface area (Å²) in [6.45, 7) is 2.80. The van der Waals surface area contributed by atoms with E-state index in [1.807, 2.05) is 6.07 Å². The molecule has 0 unspecified atom stereocenters. The van der Waals surface area contributed by atoms with Gasteiger partial charge >= 0.3 is 0 Å². The molecule has 1 aromatic carbocycles. The number of hydrogen-bond acceptors (Lipinski definition) is 5. The molecule has 0 aliphatic carbocycles. The second-order valence-corrected chi connectivity index (χ2v) is 6.48. The molecule has 0 atom stereocenters. The fourth-order valence-corrected chi connectivity index (χ4v) is 2.91. The summed E-state index contributed by atoms with van der Waals surface area (Å²) < 4.78 is 0. The predicted octanol–water partition coefficient (Wildman–Crippen LogP) is 3.56. The van der Waals surface area contributed by atoms with Crippen molar-refractivity contribution in [2.45, 2.75) is 25.7 Å². The number of benzene rings is 1. The van der Waals surface area contributed by atoms with Gasteiger partial charge in [0.05, 0.1) is 0 Å². The number of anilines is 3. The average molecular weight is 360 g/mol. The first-order chi connectivity index (χ1) is 12.2. The van der Waals surface area contributed by atoms with Crippen molar-refractivity contribution in [1.29, 1.82) is 0 Å². The monoisotopic (exact) mass is 359 g/mol. The number of rotatable bonds is 7. The van der Waals surface area contributed by atoms with Crippen LogP contribution in [0, 0.1) is 0 Å². The van der Waals surface area contributed by atoms with E-state index in [1.54, 1.807) is 30.6 Å². The minimum absolute atomic E-state index is 0.00966. The highest BCUT2D eigenvalue weighted by Gasteiger charge is 2.13. The number of hydrogen-bond donors (Lipinski definition) is 2. The molecule has 132 valence electrons. The van der Waals surface area contributed by atoms with Gasteiger partial charge in [-0.15, -0.1) is 0 Å². The summed E-state index contributed by atoms with van der Waals surface area (Å²) in [5, 5.41) is 6.77. The molecule has 2 N–H and O–H groups in total. The molecule has 0 spiro atoms. The van der Waals surface area contributed by atoms with E-state index in [4.69, 9.17) is 11.6 Å². The van der Waals surface area contributed by atoms with E-state index in [-0.39, 0.29) is 5.91 Å². The molecular weight excluding hydrogens is 338 g/mol. The Labute approximate surface area is 152 Å². The normalized spacial score (nSPS) is 13.7. The molecule has 0 bridgehead atoms. The van der Waals surface area contributed by atoms with Crippen LogP contribution in [0.2, 0.25) is 5.02 Å². The zero-order chi connectivity index (χ0) is 17.5. The van der Waals surface area contributed by atoms with E-state index in [0.717, 1.165) is 36.8 Å². The van der Waals surface area contributed by atoms with Gasteiger partial charge in [-0.3, -0.25) is 4.79 Å². The molecule has 1 saturated heterocycles. The summed E-state index contributed by atoms with van der Waals surface area (Å²) in [5.41, 5.74) is 0.758. The minimum atomic E-state index is -0.00966. The Morgan fingerprint density at radius 1 is 1.16 bits per heavy atom. The number of amides is 1. The second-order valence-electron chi connectivity index (χ2n) is 6.04. The zero-order valence-corrected chi connectivity index (χ0v) is 14.8. The third kappa shape index (κ3) is 5.32. The van der Waals surface area contributed by atoms with Crippen molar-refractivity contribution in [3.63, 3.8) is 0 Å². The van der Waals surface area contributed by atoms with Crippen molar-refractivity contribution in [2.75, 3.05) is 35.2 Å². The summed E-state index contributed by atoms with van der Waals surface area (Å²) in [6, 6.07) is 9.06. The van der Waals surface area contributed by atoms with E-state index in [1.165, 1.54) is 12.8 Å². The van der Waals surface area contributed by atoms with Gasteiger partial charge in [-0.1, -0.05) is 11.6 Å². The number of carbonyl (C=O) groups excluding carboxylic acids is 1. The molecule has 2 heterocycles. The number of nitrogens with zero attached hydrogens (tertiary/aromatic N) is 3. The molecule has 3 rings (SSSR count). The van der Waals surface area contributed by atoms with Gasteiger partial charge in [-0.2, -0.15) is 0 Å². The van der Waals surface area contributed by atoms with E-state index >= 15 is 0 Å². The Balaban J connectivity index is 1.40. The summed E-state index contributed by atoms with van der Waals surface area (Å²) in [5.74, 6) is 1.76. The van der Waals surface area contributed by atoms with Crippen LogP contribution in [0.4, 0.5) is 17.3 Å². The minimum Gasteiger partial charge on any atom is -0.370 e. The van der Waals surface area contributed by atoms with Crippen LogP contribution in [-0.4, -0.2) is 35.5 Å². The summed E-state index contributed by atoms with van der Waals surface area (Å²) in [7, 11) is 0. The molecule has 1 aromatic heterocycles. The highest BCUT2D eigenvalue weighted by atomic mass is 35.5. The largest absolute Gasteiger partial charge is 0.370 e. The van der Waals surface area contributed by atoms with E-state index in [0.29, 0.717) is 18.0 Å². The van der Waals surface area contributed by atoms with Crippen LogP contribution in [0.15, 0.2) is 36.7 Å². The summed E-state index contributed by atoms with van der Waals surface area (Å²) >= 11 is 5.83. The lowest BCUT2D eigenvalue weighted by Crippen LogP contribution is -2.19. The number of nitrogens with one attached hydrogen (secondary N) is 2. The maximum Gasteiger partial charge on any atom is 0.224 e. The molecule has 2 aromatic rings. The molecule has 6 nitrogen and oxygen atoms in total. The predicted molar refractivity (Wildman–Crippen MR) is 101 cm³/mol. The lowest BCUT2D eigenvalue weighted by atomic mass is 10.2. The Morgan fingerprint density at radius 3 is 2.68 bits per heavy atom. The Kier molecular flexibility index (Phi) is 6.06. The van der Waals surface area contributed by atoms with Gasteiger partial charge in [0.2, 0.25) is 5.91 Å². The average Bonchev–Trinajstić information content (AvgIpc) is 3.16. The van der Waals surface area contributed by atoms with Crippen LogP contribution in [0.3, 0.4) is 0 Å². The lowest BCUT2D eigenvalue weighted by molar-refractivity contribution is -0.116. The van der Waals surface area contributed by atoms with Crippen molar-refractivity contribution in [3.05, 3.63) is 41.7 Å². The maximum absolute atomic E-state index is 11.9. The third-order valence-corrected chi connectivity index (χ3v) is 4.35. The number of halogens is 1. The molecule has 0 saturated carbocycles. The van der Waals surface area contributed by atoms with Crippen molar-refractivity contribution in [2.24, 2.45) is 0 Å². The fraction of sp³-hybridized carbons (Fsp3) is 0.389. The second kappa shape index (κ2) is 8.67. The van der Waals surface area contributed by atoms with Crippen LogP contribution in [-0.2, 0) is 4.79 Å². The molecule has 1 amide bonds. The van der Waals surface area contributed by atoms with Gasteiger partial charge in [0, 0.05) is 42.8 Å². The van der Waals surface area contributed by atoms with E-state index < -0.39 is 0 Å². The molecule has 1 aliphatic rings. The van der Waals surface area contributed by atoms with Gasteiger partial charge < -0.3 is 15.5 Å². The molecule has 7 heteroatoms. The smallest absolute Gasteiger partial charge is 0.224 e. The SMILES string of the molecule is O=C(CCCNc1cc(N2CCCC2)ncn1)Nc1ccc(Cl)cc1. The van der Waals surface area contributed by atoms with Crippen molar-refractivity contribution >= 4 is 34.8 Å².